The van der Waals surface area contributed by atoms with E-state index in [1.165, 1.54) is 23.5 Å². The summed E-state index contributed by atoms with van der Waals surface area (Å²) < 4.78 is 26.9. The van der Waals surface area contributed by atoms with Gasteiger partial charge in [0.2, 0.25) is 6.79 Å². The smallest absolute Gasteiger partial charge is 0.279 e. The molecule has 134 valence electrons. The van der Waals surface area contributed by atoms with Crippen molar-refractivity contribution < 1.29 is 18.7 Å². The van der Waals surface area contributed by atoms with Crippen LogP contribution >= 0.6 is 23.1 Å². The monoisotopic (exact) mass is 390 g/mol. The molecule has 5 nitrogen and oxygen atoms in total. The molecule has 0 aliphatic carbocycles. The van der Waals surface area contributed by atoms with Crippen LogP contribution in [0.15, 0.2) is 41.4 Å². The Morgan fingerprint density at radius 3 is 2.96 bits per heavy atom. The first kappa shape index (κ1) is 17.1. The maximum atomic E-state index is 13.6. The lowest BCUT2D eigenvalue weighted by Gasteiger charge is -2.04. The Balaban J connectivity index is 1.77. The highest BCUT2D eigenvalue weighted by Crippen LogP contribution is 2.32. The zero-order valence-electron chi connectivity index (χ0n) is 13.9. The summed E-state index contributed by atoms with van der Waals surface area (Å²) in [6.07, 6.45) is 2.02. The van der Waals surface area contributed by atoms with E-state index in [-0.39, 0.29) is 18.5 Å². The van der Waals surface area contributed by atoms with Gasteiger partial charge in [0.05, 0.1) is 10.2 Å². The summed E-state index contributed by atoms with van der Waals surface area (Å²) >= 11 is 3.01. The van der Waals surface area contributed by atoms with E-state index in [0.717, 1.165) is 16.0 Å². The van der Waals surface area contributed by atoms with Crippen molar-refractivity contribution in [2.45, 2.75) is 6.54 Å². The number of benzene rings is 2. The van der Waals surface area contributed by atoms with Gasteiger partial charge in [-0.05, 0) is 42.7 Å². The van der Waals surface area contributed by atoms with Crippen LogP contribution in [0, 0.1) is 5.82 Å². The number of nitrogens with zero attached hydrogens (tertiary/aromatic N) is 2. The van der Waals surface area contributed by atoms with Gasteiger partial charge in [0.15, 0.2) is 16.3 Å². The second-order valence-electron chi connectivity index (χ2n) is 5.63. The van der Waals surface area contributed by atoms with E-state index in [9.17, 15) is 9.18 Å². The van der Waals surface area contributed by atoms with Crippen molar-refractivity contribution >= 4 is 39.2 Å². The van der Waals surface area contributed by atoms with Gasteiger partial charge in [0.25, 0.3) is 5.91 Å². The average molecular weight is 390 g/mol. The lowest BCUT2D eigenvalue weighted by Crippen LogP contribution is -2.18. The molecule has 0 spiro atoms. The molecule has 0 saturated heterocycles. The van der Waals surface area contributed by atoms with Gasteiger partial charge in [0, 0.05) is 17.9 Å². The van der Waals surface area contributed by atoms with Crippen LogP contribution in [0.3, 0.4) is 0 Å². The first-order valence-electron chi connectivity index (χ1n) is 7.92. The summed E-state index contributed by atoms with van der Waals surface area (Å²) in [6, 6.07) is 9.62. The zero-order chi connectivity index (χ0) is 18.1. The molecule has 26 heavy (non-hydrogen) atoms. The van der Waals surface area contributed by atoms with Crippen molar-refractivity contribution in [3.8, 4) is 11.5 Å². The van der Waals surface area contributed by atoms with Gasteiger partial charge in [0.1, 0.15) is 5.82 Å². The number of rotatable bonds is 4. The van der Waals surface area contributed by atoms with Gasteiger partial charge in [-0.15, -0.1) is 0 Å². The Labute approximate surface area is 157 Å². The molecular weight excluding hydrogens is 375 g/mol. The van der Waals surface area contributed by atoms with Crippen LogP contribution in [-0.2, 0) is 6.54 Å². The fourth-order valence-electron chi connectivity index (χ4n) is 2.71. The van der Waals surface area contributed by atoms with E-state index < -0.39 is 0 Å². The maximum Gasteiger partial charge on any atom is 0.279 e. The molecule has 8 heteroatoms. The summed E-state index contributed by atoms with van der Waals surface area (Å²) in [5.41, 5.74) is 1.30. The fraction of sp³-hybridized carbons (Fsp3) is 0.222. The minimum Gasteiger partial charge on any atom is -0.454 e. The number of thiazole rings is 1. The molecule has 0 radical (unpaired) electrons. The predicted octanol–water partition coefficient (Wildman–Crippen LogP) is 3.67. The summed E-state index contributed by atoms with van der Waals surface area (Å²) in [6.45, 7) is 0.848. The Morgan fingerprint density at radius 1 is 1.27 bits per heavy atom. The number of amides is 1. The van der Waals surface area contributed by atoms with Crippen LogP contribution in [0.25, 0.3) is 10.2 Å². The summed E-state index contributed by atoms with van der Waals surface area (Å²) in [7, 11) is 0. The Hall–Kier alpha value is -2.32. The van der Waals surface area contributed by atoms with Crippen LogP contribution < -0.4 is 14.3 Å². The fourth-order valence-corrected chi connectivity index (χ4v) is 4.16. The molecule has 0 atom stereocenters. The highest BCUT2D eigenvalue weighted by Gasteiger charge is 2.16. The third kappa shape index (κ3) is 3.22. The number of fused-ring (bicyclic) bond motifs is 2. The van der Waals surface area contributed by atoms with E-state index in [1.54, 1.807) is 36.0 Å². The minimum atomic E-state index is -0.367. The molecule has 2 aromatic carbocycles. The van der Waals surface area contributed by atoms with Crippen molar-refractivity contribution in [2.24, 2.45) is 4.99 Å². The van der Waals surface area contributed by atoms with E-state index in [4.69, 9.17) is 9.47 Å². The van der Waals surface area contributed by atoms with E-state index in [1.807, 2.05) is 10.8 Å². The number of thioether (sulfide) groups is 1. The SMILES string of the molecule is CSCCn1c(=NC(=O)c2ccc3c(c2)OCO3)sc2cc(F)ccc21. The van der Waals surface area contributed by atoms with Gasteiger partial charge in [-0.1, -0.05) is 11.3 Å². The molecule has 1 aliphatic rings. The number of aromatic nitrogens is 1. The van der Waals surface area contributed by atoms with Gasteiger partial charge >= 0.3 is 0 Å². The van der Waals surface area contributed by atoms with Crippen LogP contribution in [0.5, 0.6) is 11.5 Å². The van der Waals surface area contributed by atoms with Crippen LogP contribution in [0.4, 0.5) is 4.39 Å². The second-order valence-corrected chi connectivity index (χ2v) is 7.62. The van der Waals surface area contributed by atoms with Crippen molar-refractivity contribution in [2.75, 3.05) is 18.8 Å². The molecule has 2 heterocycles. The number of ether oxygens (including phenoxy) is 2. The number of hydrogen-bond acceptors (Lipinski definition) is 5. The van der Waals surface area contributed by atoms with E-state index in [2.05, 4.69) is 4.99 Å². The van der Waals surface area contributed by atoms with Crippen molar-refractivity contribution in [3.05, 3.63) is 52.6 Å². The van der Waals surface area contributed by atoms with Gasteiger partial charge < -0.3 is 14.0 Å². The van der Waals surface area contributed by atoms with Crippen LogP contribution in [-0.4, -0.2) is 29.3 Å². The molecule has 0 bridgehead atoms. The first-order valence-corrected chi connectivity index (χ1v) is 10.1. The van der Waals surface area contributed by atoms with Gasteiger partial charge in [-0.2, -0.15) is 16.8 Å². The van der Waals surface area contributed by atoms with Crippen molar-refractivity contribution in [1.82, 2.24) is 4.57 Å². The van der Waals surface area contributed by atoms with E-state index >= 15 is 0 Å². The molecule has 0 fully saturated rings. The Kier molecular flexibility index (Phi) is 4.69. The summed E-state index contributed by atoms with van der Waals surface area (Å²) in [5.74, 6) is 1.36. The molecule has 1 amide bonds. The topological polar surface area (TPSA) is 52.8 Å². The molecule has 3 aromatic rings. The third-order valence-electron chi connectivity index (χ3n) is 3.98. The number of aryl methyl sites for hydroxylation is 1. The molecule has 0 N–H and O–H groups in total. The average Bonchev–Trinajstić information content (AvgIpc) is 3.23. The second kappa shape index (κ2) is 7.13. The number of carbonyl (C=O) groups is 1. The lowest BCUT2D eigenvalue weighted by atomic mass is 10.2. The number of carbonyl (C=O) groups excluding carboxylic acids is 1. The van der Waals surface area contributed by atoms with Crippen LogP contribution in [0.1, 0.15) is 10.4 Å². The molecule has 0 saturated carbocycles. The summed E-state index contributed by atoms with van der Waals surface area (Å²) in [4.78, 5) is 17.5. The normalized spacial score (nSPS) is 13.5. The highest BCUT2D eigenvalue weighted by molar-refractivity contribution is 7.98. The van der Waals surface area contributed by atoms with Gasteiger partial charge in [-0.3, -0.25) is 4.79 Å². The van der Waals surface area contributed by atoms with E-state index in [0.29, 0.717) is 28.4 Å². The quantitative estimate of drug-likeness (QED) is 0.682. The van der Waals surface area contributed by atoms with Crippen molar-refractivity contribution in [1.29, 1.82) is 0 Å². The number of halogens is 1. The third-order valence-corrected chi connectivity index (χ3v) is 5.61. The highest BCUT2D eigenvalue weighted by atomic mass is 32.2. The predicted molar refractivity (Wildman–Crippen MR) is 101 cm³/mol. The number of hydrogen-bond donors (Lipinski definition) is 0. The molecule has 0 unspecified atom stereocenters. The van der Waals surface area contributed by atoms with Crippen molar-refractivity contribution in [3.63, 3.8) is 0 Å². The maximum absolute atomic E-state index is 13.6. The molecule has 1 aliphatic heterocycles. The molecular formula is C18H15FN2O3S2. The van der Waals surface area contributed by atoms with Gasteiger partial charge in [-0.25, -0.2) is 4.39 Å². The largest absolute Gasteiger partial charge is 0.454 e. The van der Waals surface area contributed by atoms with Crippen LogP contribution in [0.2, 0.25) is 0 Å². The standard InChI is InChI=1S/C18H15FN2O3S2/c1-25-7-6-21-13-4-3-12(19)9-16(13)26-18(21)20-17(22)11-2-5-14-15(8-11)24-10-23-14/h2-5,8-9H,6-7,10H2,1H3. The summed E-state index contributed by atoms with van der Waals surface area (Å²) in [5, 5.41) is 0. The molecule has 1 aromatic heterocycles. The Morgan fingerprint density at radius 2 is 2.12 bits per heavy atom. The lowest BCUT2D eigenvalue weighted by molar-refractivity contribution is 0.0997. The minimum absolute atomic E-state index is 0.153. The zero-order valence-corrected chi connectivity index (χ0v) is 15.5. The Bertz CT molecular complexity index is 1060. The molecule has 4 rings (SSSR count). The first-order chi connectivity index (χ1) is 12.7.